The van der Waals surface area contributed by atoms with Crippen molar-refractivity contribution < 1.29 is 13.9 Å². The number of rotatable bonds is 5. The lowest BCUT2D eigenvalue weighted by Gasteiger charge is -2.23. The molecule has 1 aromatic carbocycles. The van der Waals surface area contributed by atoms with Crippen LogP contribution in [0.1, 0.15) is 34.3 Å². The van der Waals surface area contributed by atoms with Crippen LogP contribution in [0.2, 0.25) is 0 Å². The first kappa shape index (κ1) is 18.1. The third kappa shape index (κ3) is 3.75. The van der Waals surface area contributed by atoms with Gasteiger partial charge in [-0.2, -0.15) is 4.98 Å². The highest BCUT2D eigenvalue weighted by molar-refractivity contribution is 6.13. The number of halogens is 1. The number of hydrogen-bond donors (Lipinski definition) is 3. The summed E-state index contributed by atoms with van der Waals surface area (Å²) in [5.41, 5.74) is 6.56. The molecule has 2 aromatic rings. The van der Waals surface area contributed by atoms with Crippen molar-refractivity contribution in [2.24, 2.45) is 0 Å². The molecule has 2 heterocycles. The fraction of sp³-hybridized carbons (Fsp3) is 0.389. The first-order chi connectivity index (χ1) is 12.5. The van der Waals surface area contributed by atoms with Gasteiger partial charge in [-0.15, -0.1) is 0 Å². The van der Waals surface area contributed by atoms with Gasteiger partial charge in [0, 0.05) is 12.2 Å². The number of ketones is 1. The summed E-state index contributed by atoms with van der Waals surface area (Å²) in [7, 11) is 1.43. The first-order valence-electron chi connectivity index (χ1n) is 8.48. The molecule has 26 heavy (non-hydrogen) atoms. The van der Waals surface area contributed by atoms with E-state index in [0.717, 1.165) is 32.0 Å². The standard InChI is InChI=1S/C18H22FN5O2/c1-10-7-15(26-2)12(8-14(10)19)16(25)13-9-22-18(24-17(13)20)23-11-3-5-21-6-4-11/h7-9,11,21H,3-6H2,1-2H3,(H3,20,22,23,24). The number of piperidine rings is 1. The summed E-state index contributed by atoms with van der Waals surface area (Å²) < 4.78 is 19.1. The van der Waals surface area contributed by atoms with Crippen molar-refractivity contribution in [1.82, 2.24) is 15.3 Å². The average Bonchev–Trinajstić information content (AvgIpc) is 2.64. The lowest BCUT2D eigenvalue weighted by molar-refractivity contribution is 0.103. The minimum atomic E-state index is -0.488. The van der Waals surface area contributed by atoms with Crippen LogP contribution in [-0.2, 0) is 0 Å². The zero-order chi connectivity index (χ0) is 18.7. The molecule has 8 heteroatoms. The van der Waals surface area contributed by atoms with E-state index in [1.165, 1.54) is 19.4 Å². The van der Waals surface area contributed by atoms with Gasteiger partial charge in [0.25, 0.3) is 0 Å². The van der Waals surface area contributed by atoms with Crippen LogP contribution in [0.5, 0.6) is 5.75 Å². The number of ether oxygens (including phenoxy) is 1. The Morgan fingerprint density at radius 2 is 2.08 bits per heavy atom. The highest BCUT2D eigenvalue weighted by atomic mass is 19.1. The van der Waals surface area contributed by atoms with Crippen molar-refractivity contribution in [3.05, 3.63) is 40.8 Å². The maximum atomic E-state index is 13.9. The number of aromatic nitrogens is 2. The molecule has 0 saturated carbocycles. The van der Waals surface area contributed by atoms with Crippen LogP contribution in [-0.4, -0.2) is 42.0 Å². The third-order valence-electron chi connectivity index (χ3n) is 4.46. The van der Waals surface area contributed by atoms with Crippen molar-refractivity contribution in [2.75, 3.05) is 31.2 Å². The van der Waals surface area contributed by atoms with Crippen molar-refractivity contribution in [2.45, 2.75) is 25.8 Å². The molecule has 4 N–H and O–H groups in total. The summed E-state index contributed by atoms with van der Waals surface area (Å²) in [5.74, 6) is -0.257. The predicted molar refractivity (Wildman–Crippen MR) is 97.1 cm³/mol. The van der Waals surface area contributed by atoms with Gasteiger partial charge in [-0.3, -0.25) is 4.79 Å². The Morgan fingerprint density at radius 1 is 1.35 bits per heavy atom. The number of carbonyl (C=O) groups excluding carboxylic acids is 1. The van der Waals surface area contributed by atoms with Gasteiger partial charge in [-0.1, -0.05) is 0 Å². The smallest absolute Gasteiger partial charge is 0.224 e. The predicted octanol–water partition coefficient (Wildman–Crippen LogP) is 1.91. The van der Waals surface area contributed by atoms with Crippen LogP contribution >= 0.6 is 0 Å². The van der Waals surface area contributed by atoms with Crippen LogP contribution in [0.4, 0.5) is 16.2 Å². The van der Waals surface area contributed by atoms with Crippen LogP contribution in [0.3, 0.4) is 0 Å². The van der Waals surface area contributed by atoms with Crippen LogP contribution < -0.4 is 21.1 Å². The zero-order valence-corrected chi connectivity index (χ0v) is 14.8. The van der Waals surface area contributed by atoms with Gasteiger partial charge < -0.3 is 21.1 Å². The summed E-state index contributed by atoms with van der Waals surface area (Å²) in [4.78, 5) is 21.2. The van der Waals surface area contributed by atoms with Gasteiger partial charge in [-0.05, 0) is 50.6 Å². The zero-order valence-electron chi connectivity index (χ0n) is 14.8. The van der Waals surface area contributed by atoms with Crippen LogP contribution in [0.15, 0.2) is 18.3 Å². The van der Waals surface area contributed by atoms with Gasteiger partial charge in [0.2, 0.25) is 11.7 Å². The number of aryl methyl sites for hydroxylation is 1. The minimum Gasteiger partial charge on any atom is -0.496 e. The Labute approximate surface area is 151 Å². The second-order valence-electron chi connectivity index (χ2n) is 6.29. The van der Waals surface area contributed by atoms with Gasteiger partial charge in [0.05, 0.1) is 18.2 Å². The molecule has 0 radical (unpaired) electrons. The quantitative estimate of drug-likeness (QED) is 0.701. The number of methoxy groups -OCH3 is 1. The molecule has 1 aliphatic heterocycles. The number of nitrogens with one attached hydrogen (secondary N) is 2. The van der Waals surface area contributed by atoms with Gasteiger partial charge >= 0.3 is 0 Å². The Kier molecular flexibility index (Phi) is 5.32. The Bertz CT molecular complexity index is 821. The molecule has 1 saturated heterocycles. The van der Waals surface area contributed by atoms with E-state index >= 15 is 0 Å². The number of benzene rings is 1. The second-order valence-corrected chi connectivity index (χ2v) is 6.29. The topological polar surface area (TPSA) is 102 Å². The Hall–Kier alpha value is -2.74. The normalized spacial score (nSPS) is 14.9. The first-order valence-corrected chi connectivity index (χ1v) is 8.48. The molecule has 7 nitrogen and oxygen atoms in total. The van der Waals surface area contributed by atoms with Crippen LogP contribution in [0.25, 0.3) is 0 Å². The highest BCUT2D eigenvalue weighted by Crippen LogP contribution is 2.26. The van der Waals surface area contributed by atoms with E-state index in [-0.39, 0.29) is 28.7 Å². The monoisotopic (exact) mass is 359 g/mol. The molecule has 0 spiro atoms. The molecule has 0 unspecified atom stereocenters. The molecule has 3 rings (SSSR count). The second kappa shape index (κ2) is 7.65. The molecular formula is C18H22FN5O2. The van der Waals surface area contributed by atoms with E-state index < -0.39 is 11.6 Å². The number of nitrogens with two attached hydrogens (primary N) is 1. The lowest BCUT2D eigenvalue weighted by atomic mass is 10.0. The Balaban J connectivity index is 1.85. The van der Waals surface area contributed by atoms with Gasteiger partial charge in [0.1, 0.15) is 17.4 Å². The van der Waals surface area contributed by atoms with E-state index in [2.05, 4.69) is 20.6 Å². The fourth-order valence-corrected chi connectivity index (χ4v) is 2.93. The number of nitrogens with zero attached hydrogens (tertiary/aromatic N) is 2. The minimum absolute atomic E-state index is 0.0458. The Morgan fingerprint density at radius 3 is 2.73 bits per heavy atom. The third-order valence-corrected chi connectivity index (χ3v) is 4.46. The highest BCUT2D eigenvalue weighted by Gasteiger charge is 2.21. The summed E-state index contributed by atoms with van der Waals surface area (Å²) in [6.07, 6.45) is 3.29. The maximum absolute atomic E-state index is 13.9. The fourth-order valence-electron chi connectivity index (χ4n) is 2.93. The number of hydrogen-bond acceptors (Lipinski definition) is 7. The van der Waals surface area contributed by atoms with E-state index in [1.54, 1.807) is 6.92 Å². The molecule has 0 atom stereocenters. The largest absolute Gasteiger partial charge is 0.496 e. The van der Waals surface area contributed by atoms with E-state index in [9.17, 15) is 9.18 Å². The molecule has 1 fully saturated rings. The molecule has 0 aliphatic carbocycles. The number of carbonyl (C=O) groups is 1. The van der Waals surface area contributed by atoms with Crippen molar-refractivity contribution in [1.29, 1.82) is 0 Å². The molecular weight excluding hydrogens is 337 g/mol. The van der Waals surface area contributed by atoms with Gasteiger partial charge in [-0.25, -0.2) is 9.37 Å². The van der Waals surface area contributed by atoms with Crippen molar-refractivity contribution in [3.8, 4) is 5.75 Å². The summed E-state index contributed by atoms with van der Waals surface area (Å²) >= 11 is 0. The van der Waals surface area contributed by atoms with Gasteiger partial charge in [0.15, 0.2) is 0 Å². The maximum Gasteiger partial charge on any atom is 0.224 e. The summed E-state index contributed by atoms with van der Waals surface area (Å²) in [6.45, 7) is 3.47. The van der Waals surface area contributed by atoms with Crippen molar-refractivity contribution >= 4 is 17.5 Å². The summed E-state index contributed by atoms with van der Waals surface area (Å²) in [6, 6.07) is 2.90. The number of nitrogen functional groups attached to an aromatic ring is 1. The van der Waals surface area contributed by atoms with E-state index in [0.29, 0.717) is 11.5 Å². The molecule has 1 aromatic heterocycles. The van der Waals surface area contributed by atoms with E-state index in [1.807, 2.05) is 0 Å². The lowest BCUT2D eigenvalue weighted by Crippen LogP contribution is -2.35. The number of anilines is 2. The van der Waals surface area contributed by atoms with Crippen molar-refractivity contribution in [3.63, 3.8) is 0 Å². The molecule has 138 valence electrons. The average molecular weight is 359 g/mol. The van der Waals surface area contributed by atoms with E-state index in [4.69, 9.17) is 10.5 Å². The summed E-state index contributed by atoms with van der Waals surface area (Å²) in [5, 5.41) is 6.51. The molecule has 0 bridgehead atoms. The molecule has 1 aliphatic rings. The molecule has 0 amide bonds. The van der Waals surface area contributed by atoms with Crippen LogP contribution in [0, 0.1) is 12.7 Å². The SMILES string of the molecule is COc1cc(C)c(F)cc1C(=O)c1cnc(NC2CCNCC2)nc1N.